The fourth-order valence-corrected chi connectivity index (χ4v) is 1.93. The molecule has 2 aromatic rings. The van der Waals surface area contributed by atoms with E-state index in [-0.39, 0.29) is 17.6 Å². The Kier molecular flexibility index (Phi) is 3.46. The number of esters is 1. The van der Waals surface area contributed by atoms with Gasteiger partial charge in [0.05, 0.1) is 5.39 Å². The van der Waals surface area contributed by atoms with Gasteiger partial charge >= 0.3 is 5.97 Å². The van der Waals surface area contributed by atoms with Gasteiger partial charge in [0.1, 0.15) is 0 Å². The summed E-state index contributed by atoms with van der Waals surface area (Å²) in [5.74, 6) is -0.369. The monoisotopic (exact) mass is 343 g/mol. The van der Waals surface area contributed by atoms with Crippen LogP contribution in [0.3, 0.4) is 0 Å². The molecule has 0 saturated carbocycles. The number of aromatic amines is 1. The molecular formula is C12H10INO3. The molecule has 88 valence electrons. The number of hydrogen-bond acceptors (Lipinski definition) is 3. The first-order valence-corrected chi connectivity index (χ1v) is 6.21. The van der Waals surface area contributed by atoms with E-state index in [0.717, 1.165) is 9.09 Å². The normalized spacial score (nSPS) is 10.5. The zero-order chi connectivity index (χ0) is 12.4. The fourth-order valence-electron chi connectivity index (χ4n) is 1.44. The first-order chi connectivity index (χ1) is 8.11. The van der Waals surface area contributed by atoms with E-state index >= 15 is 0 Å². The summed E-state index contributed by atoms with van der Waals surface area (Å²) in [6.45, 7) is 1.68. The maximum atomic E-state index is 12.0. The third-order valence-corrected chi connectivity index (χ3v) is 2.99. The molecule has 17 heavy (non-hydrogen) atoms. The minimum Gasteiger partial charge on any atom is -0.421 e. The molecule has 0 aliphatic carbocycles. The van der Waals surface area contributed by atoms with Crippen LogP contribution in [0.25, 0.3) is 10.9 Å². The highest BCUT2D eigenvalue weighted by atomic mass is 127. The van der Waals surface area contributed by atoms with E-state index in [9.17, 15) is 9.59 Å². The molecule has 0 amide bonds. The van der Waals surface area contributed by atoms with Crippen molar-refractivity contribution in [1.82, 2.24) is 4.98 Å². The smallest absolute Gasteiger partial charge is 0.311 e. The van der Waals surface area contributed by atoms with Crippen LogP contribution >= 0.6 is 22.6 Å². The second kappa shape index (κ2) is 4.87. The number of benzene rings is 1. The molecule has 0 fully saturated rings. The number of aromatic nitrogens is 1. The summed E-state index contributed by atoms with van der Waals surface area (Å²) in [4.78, 5) is 26.1. The van der Waals surface area contributed by atoms with Gasteiger partial charge in [-0.2, -0.15) is 0 Å². The van der Waals surface area contributed by atoms with Gasteiger partial charge in [0.2, 0.25) is 5.43 Å². The molecule has 0 spiro atoms. The Labute approximate surface area is 111 Å². The van der Waals surface area contributed by atoms with Gasteiger partial charge in [0, 0.05) is 21.7 Å². The Hall–Kier alpha value is -1.37. The van der Waals surface area contributed by atoms with Crippen LogP contribution in [0.5, 0.6) is 5.75 Å². The lowest BCUT2D eigenvalue weighted by molar-refractivity contribution is -0.134. The number of fused-ring (bicyclic) bond motifs is 1. The van der Waals surface area contributed by atoms with Crippen molar-refractivity contribution >= 4 is 39.5 Å². The molecule has 1 aromatic heterocycles. The van der Waals surface area contributed by atoms with E-state index < -0.39 is 5.97 Å². The first-order valence-electron chi connectivity index (χ1n) is 5.13. The predicted octanol–water partition coefficient (Wildman–Crippen LogP) is 2.45. The molecule has 1 heterocycles. The summed E-state index contributed by atoms with van der Waals surface area (Å²) < 4.78 is 5.92. The van der Waals surface area contributed by atoms with Gasteiger partial charge in [-0.05, 0) is 40.8 Å². The van der Waals surface area contributed by atoms with E-state index in [1.807, 2.05) is 12.1 Å². The highest BCUT2D eigenvalue weighted by Crippen LogP contribution is 2.15. The number of pyridine rings is 1. The molecule has 0 aliphatic rings. The van der Waals surface area contributed by atoms with Crippen molar-refractivity contribution in [3.63, 3.8) is 0 Å². The molecule has 1 aromatic carbocycles. The van der Waals surface area contributed by atoms with Crippen molar-refractivity contribution in [2.75, 3.05) is 0 Å². The van der Waals surface area contributed by atoms with E-state index in [1.54, 1.807) is 13.0 Å². The number of rotatable bonds is 2. The Morgan fingerprint density at radius 2 is 2.24 bits per heavy atom. The van der Waals surface area contributed by atoms with Gasteiger partial charge < -0.3 is 9.72 Å². The number of carbonyl (C=O) groups is 1. The van der Waals surface area contributed by atoms with Crippen molar-refractivity contribution in [3.8, 4) is 5.75 Å². The zero-order valence-electron chi connectivity index (χ0n) is 9.12. The van der Waals surface area contributed by atoms with Gasteiger partial charge in [0.15, 0.2) is 5.75 Å². The van der Waals surface area contributed by atoms with Crippen LogP contribution in [0.1, 0.15) is 13.3 Å². The molecular weight excluding hydrogens is 333 g/mol. The summed E-state index contributed by atoms with van der Waals surface area (Å²) in [6.07, 6.45) is 1.66. The summed E-state index contributed by atoms with van der Waals surface area (Å²) in [5, 5.41) is 0.526. The molecule has 1 N–H and O–H groups in total. The minimum atomic E-state index is -0.416. The largest absolute Gasteiger partial charge is 0.421 e. The van der Waals surface area contributed by atoms with Crippen LogP contribution in [0.15, 0.2) is 29.2 Å². The lowest BCUT2D eigenvalue weighted by atomic mass is 10.2. The number of H-pyrrole nitrogens is 1. The summed E-state index contributed by atoms with van der Waals surface area (Å²) in [5.41, 5.74) is 0.464. The average molecular weight is 343 g/mol. The third-order valence-electron chi connectivity index (χ3n) is 2.32. The standard InChI is InChI=1S/C12H10INO3/c1-2-11(15)17-10-6-14-9-4-3-7(13)5-8(9)12(10)16/h3-6H,2H2,1H3,(H,14,16). The molecule has 0 radical (unpaired) electrons. The van der Waals surface area contributed by atoms with Crippen molar-refractivity contribution in [2.45, 2.75) is 13.3 Å². The number of halogens is 1. The van der Waals surface area contributed by atoms with E-state index in [2.05, 4.69) is 27.6 Å². The first kappa shape index (κ1) is 12.1. The Balaban J connectivity index is 2.57. The van der Waals surface area contributed by atoms with E-state index in [1.165, 1.54) is 6.20 Å². The molecule has 0 saturated heterocycles. The summed E-state index contributed by atoms with van der Waals surface area (Å²) in [6, 6.07) is 5.48. The number of nitrogens with one attached hydrogen (secondary N) is 1. The zero-order valence-corrected chi connectivity index (χ0v) is 11.3. The van der Waals surface area contributed by atoms with Crippen molar-refractivity contribution in [1.29, 1.82) is 0 Å². The minimum absolute atomic E-state index is 0.0475. The molecule has 5 heteroatoms. The highest BCUT2D eigenvalue weighted by Gasteiger charge is 2.09. The second-order valence-corrected chi connectivity index (χ2v) is 4.75. The summed E-state index contributed by atoms with van der Waals surface area (Å²) >= 11 is 2.13. The molecule has 0 atom stereocenters. The second-order valence-electron chi connectivity index (χ2n) is 3.50. The van der Waals surface area contributed by atoms with Gasteiger partial charge in [-0.25, -0.2) is 0 Å². The lowest BCUT2D eigenvalue weighted by Gasteiger charge is -2.04. The Morgan fingerprint density at radius 1 is 1.47 bits per heavy atom. The van der Waals surface area contributed by atoms with Crippen molar-refractivity contribution in [2.24, 2.45) is 0 Å². The molecule has 0 unspecified atom stereocenters. The van der Waals surface area contributed by atoms with Crippen LogP contribution < -0.4 is 10.2 Å². The van der Waals surface area contributed by atoms with Gasteiger partial charge in [-0.3, -0.25) is 9.59 Å². The van der Waals surface area contributed by atoms with Crippen LogP contribution in [0.2, 0.25) is 0 Å². The maximum absolute atomic E-state index is 12.0. The topological polar surface area (TPSA) is 59.2 Å². The lowest BCUT2D eigenvalue weighted by Crippen LogP contribution is -2.14. The molecule has 0 aliphatic heterocycles. The fraction of sp³-hybridized carbons (Fsp3) is 0.167. The van der Waals surface area contributed by atoms with Crippen molar-refractivity contribution in [3.05, 3.63) is 38.2 Å². The van der Waals surface area contributed by atoms with Crippen LogP contribution in [-0.4, -0.2) is 11.0 Å². The van der Waals surface area contributed by atoms with Crippen LogP contribution in [0.4, 0.5) is 0 Å². The Bertz CT molecular complexity index is 633. The molecule has 2 rings (SSSR count). The van der Waals surface area contributed by atoms with Gasteiger partial charge in [-0.1, -0.05) is 6.92 Å². The Morgan fingerprint density at radius 3 is 2.94 bits per heavy atom. The SMILES string of the molecule is CCC(=O)Oc1c[nH]c2ccc(I)cc2c1=O. The van der Waals surface area contributed by atoms with E-state index in [0.29, 0.717) is 5.39 Å². The predicted molar refractivity (Wildman–Crippen MR) is 73.2 cm³/mol. The van der Waals surface area contributed by atoms with Crippen LogP contribution in [-0.2, 0) is 4.79 Å². The quantitative estimate of drug-likeness (QED) is 0.673. The number of ether oxygens (including phenoxy) is 1. The average Bonchev–Trinajstić information content (AvgIpc) is 2.33. The number of hydrogen-bond donors (Lipinski definition) is 1. The number of carbonyl (C=O) groups excluding carboxylic acids is 1. The van der Waals surface area contributed by atoms with Gasteiger partial charge in [-0.15, -0.1) is 0 Å². The highest BCUT2D eigenvalue weighted by molar-refractivity contribution is 14.1. The molecule has 4 nitrogen and oxygen atoms in total. The maximum Gasteiger partial charge on any atom is 0.311 e. The third kappa shape index (κ3) is 2.49. The van der Waals surface area contributed by atoms with Gasteiger partial charge in [0.25, 0.3) is 0 Å². The van der Waals surface area contributed by atoms with Crippen molar-refractivity contribution < 1.29 is 9.53 Å². The van der Waals surface area contributed by atoms with E-state index in [4.69, 9.17) is 4.74 Å². The van der Waals surface area contributed by atoms with Crippen LogP contribution in [0, 0.1) is 3.57 Å². The summed E-state index contributed by atoms with van der Waals surface area (Å²) in [7, 11) is 0. The molecule has 0 bridgehead atoms.